The molecule has 1 atom stereocenters. The van der Waals surface area contributed by atoms with Gasteiger partial charge in [-0.2, -0.15) is 0 Å². The average molecular weight is 617 g/mol. The van der Waals surface area contributed by atoms with Crippen LogP contribution in [0, 0.1) is 0 Å². The Labute approximate surface area is 280 Å². The Balaban J connectivity index is 1.08. The Morgan fingerprint density at radius 2 is 0.896 bits per heavy atom. The van der Waals surface area contributed by atoms with Crippen LogP contribution in [-0.2, 0) is 0 Å². The van der Waals surface area contributed by atoms with Crippen molar-refractivity contribution in [1.29, 1.82) is 0 Å². The maximum atomic E-state index is 6.60. The molecule has 0 bridgehead atoms. The molecule has 9 rings (SSSR count). The standard InChI is InChI=1S/C45H32N2O/c1-4-12-31(13-5-1)32-20-25-37(26-21-32)47(36-16-8-3-9-17-36)38-27-22-33(23-28-38)35-24-29-41-42(30-35)39-18-10-11-19-40(39)43-44(41)48-45(46-43)34-14-6-2-7-15-34/h1-30,45-46H. The van der Waals surface area contributed by atoms with Crippen LogP contribution in [0.1, 0.15) is 11.8 Å². The lowest BCUT2D eigenvalue weighted by Gasteiger charge is -2.26. The molecule has 3 nitrogen and oxygen atoms in total. The number of hydrogen-bond acceptors (Lipinski definition) is 3. The maximum Gasteiger partial charge on any atom is 0.196 e. The van der Waals surface area contributed by atoms with Crippen molar-refractivity contribution in [3.8, 4) is 28.0 Å². The molecule has 0 spiro atoms. The van der Waals surface area contributed by atoms with E-state index < -0.39 is 0 Å². The molecule has 0 amide bonds. The maximum absolute atomic E-state index is 6.60. The van der Waals surface area contributed by atoms with Crippen molar-refractivity contribution in [3.63, 3.8) is 0 Å². The lowest BCUT2D eigenvalue weighted by Crippen LogP contribution is -2.09. The number of para-hydroxylation sites is 1. The first-order chi connectivity index (χ1) is 23.8. The Hall–Kier alpha value is -6.32. The van der Waals surface area contributed by atoms with Crippen LogP contribution in [0.4, 0.5) is 22.7 Å². The van der Waals surface area contributed by atoms with E-state index in [4.69, 9.17) is 4.74 Å². The van der Waals surface area contributed by atoms with E-state index in [1.54, 1.807) is 0 Å². The van der Waals surface area contributed by atoms with Crippen molar-refractivity contribution < 1.29 is 4.74 Å². The van der Waals surface area contributed by atoms with Gasteiger partial charge in [-0.3, -0.25) is 0 Å². The number of benzene rings is 8. The van der Waals surface area contributed by atoms with Crippen LogP contribution >= 0.6 is 0 Å². The molecule has 1 unspecified atom stereocenters. The van der Waals surface area contributed by atoms with Crippen molar-refractivity contribution in [3.05, 3.63) is 188 Å². The minimum atomic E-state index is -0.218. The molecular formula is C45H32N2O. The van der Waals surface area contributed by atoms with Gasteiger partial charge < -0.3 is 15.0 Å². The zero-order valence-electron chi connectivity index (χ0n) is 26.3. The normalized spacial score (nSPS) is 13.5. The van der Waals surface area contributed by atoms with Crippen LogP contribution in [0.5, 0.6) is 5.75 Å². The van der Waals surface area contributed by atoms with E-state index >= 15 is 0 Å². The van der Waals surface area contributed by atoms with E-state index in [9.17, 15) is 0 Å². The molecule has 0 saturated heterocycles. The van der Waals surface area contributed by atoms with Gasteiger partial charge in [0, 0.05) is 33.4 Å². The summed E-state index contributed by atoms with van der Waals surface area (Å²) < 4.78 is 6.60. The molecule has 0 saturated carbocycles. The molecule has 0 radical (unpaired) electrons. The van der Waals surface area contributed by atoms with E-state index in [1.807, 2.05) is 6.07 Å². The van der Waals surface area contributed by atoms with Gasteiger partial charge in [0.05, 0.1) is 5.69 Å². The first-order valence-electron chi connectivity index (χ1n) is 16.4. The molecular weight excluding hydrogens is 585 g/mol. The van der Waals surface area contributed by atoms with Gasteiger partial charge in [-0.15, -0.1) is 0 Å². The predicted octanol–water partition coefficient (Wildman–Crippen LogP) is 12.3. The van der Waals surface area contributed by atoms with E-state index in [1.165, 1.54) is 38.4 Å². The average Bonchev–Trinajstić information content (AvgIpc) is 3.63. The van der Waals surface area contributed by atoms with E-state index in [0.29, 0.717) is 0 Å². The highest BCUT2D eigenvalue weighted by Crippen LogP contribution is 2.49. The Kier molecular flexibility index (Phi) is 6.87. The Morgan fingerprint density at radius 3 is 1.56 bits per heavy atom. The van der Waals surface area contributed by atoms with Gasteiger partial charge in [0.15, 0.2) is 12.0 Å². The summed E-state index contributed by atoms with van der Waals surface area (Å²) in [4.78, 5) is 2.31. The van der Waals surface area contributed by atoms with Crippen LogP contribution < -0.4 is 15.0 Å². The van der Waals surface area contributed by atoms with Gasteiger partial charge in [-0.05, 0) is 81.6 Å². The van der Waals surface area contributed by atoms with Gasteiger partial charge >= 0.3 is 0 Å². The molecule has 1 aliphatic heterocycles. The molecule has 0 aromatic heterocycles. The summed E-state index contributed by atoms with van der Waals surface area (Å²) in [5, 5.41) is 8.34. The fraction of sp³-hybridized carbons (Fsp3) is 0.0222. The summed E-state index contributed by atoms with van der Waals surface area (Å²) in [6.07, 6.45) is -0.218. The lowest BCUT2D eigenvalue weighted by molar-refractivity contribution is 0.262. The highest BCUT2D eigenvalue weighted by atomic mass is 16.5. The summed E-state index contributed by atoms with van der Waals surface area (Å²) >= 11 is 0. The smallest absolute Gasteiger partial charge is 0.196 e. The molecule has 8 aromatic carbocycles. The summed E-state index contributed by atoms with van der Waals surface area (Å²) in [5.74, 6) is 0.913. The molecule has 3 heteroatoms. The third-order valence-corrected chi connectivity index (χ3v) is 9.30. The molecule has 0 fully saturated rings. The van der Waals surface area contributed by atoms with E-state index in [2.05, 4.69) is 186 Å². The number of anilines is 4. The van der Waals surface area contributed by atoms with Crippen LogP contribution in [0.15, 0.2) is 182 Å². The number of rotatable bonds is 6. The summed E-state index contributed by atoms with van der Waals surface area (Å²) in [5.41, 5.74) is 10.3. The van der Waals surface area contributed by atoms with Gasteiger partial charge in [0.25, 0.3) is 0 Å². The van der Waals surface area contributed by atoms with Gasteiger partial charge in [0.1, 0.15) is 0 Å². The van der Waals surface area contributed by atoms with Crippen LogP contribution in [0.3, 0.4) is 0 Å². The fourth-order valence-corrected chi connectivity index (χ4v) is 6.92. The highest BCUT2D eigenvalue weighted by Gasteiger charge is 2.28. The topological polar surface area (TPSA) is 24.5 Å². The number of ether oxygens (including phenoxy) is 1. The van der Waals surface area contributed by atoms with Crippen LogP contribution in [-0.4, -0.2) is 0 Å². The fourth-order valence-electron chi connectivity index (χ4n) is 6.92. The molecule has 1 heterocycles. The third kappa shape index (κ3) is 4.94. The first kappa shape index (κ1) is 27.9. The molecule has 8 aromatic rings. The highest BCUT2D eigenvalue weighted by molar-refractivity contribution is 6.18. The third-order valence-electron chi connectivity index (χ3n) is 9.30. The second-order valence-electron chi connectivity index (χ2n) is 12.2. The quantitative estimate of drug-likeness (QED) is 0.188. The predicted molar refractivity (Wildman–Crippen MR) is 200 cm³/mol. The second kappa shape index (κ2) is 11.8. The zero-order valence-corrected chi connectivity index (χ0v) is 26.3. The molecule has 0 aliphatic carbocycles. The number of hydrogen-bond donors (Lipinski definition) is 1. The number of nitrogens with one attached hydrogen (secondary N) is 1. The van der Waals surface area contributed by atoms with Crippen LogP contribution in [0.25, 0.3) is 43.8 Å². The van der Waals surface area contributed by atoms with E-state index in [0.717, 1.165) is 39.4 Å². The minimum absolute atomic E-state index is 0.218. The van der Waals surface area contributed by atoms with Crippen molar-refractivity contribution >= 4 is 44.3 Å². The molecule has 1 N–H and O–H groups in total. The monoisotopic (exact) mass is 616 g/mol. The van der Waals surface area contributed by atoms with Crippen LogP contribution in [0.2, 0.25) is 0 Å². The van der Waals surface area contributed by atoms with Crippen molar-refractivity contribution in [2.75, 3.05) is 10.2 Å². The summed E-state index contributed by atoms with van der Waals surface area (Å²) in [6, 6.07) is 64.5. The number of fused-ring (bicyclic) bond motifs is 6. The largest absolute Gasteiger partial charge is 0.464 e. The van der Waals surface area contributed by atoms with Crippen molar-refractivity contribution in [2.24, 2.45) is 0 Å². The second-order valence-corrected chi connectivity index (χ2v) is 12.2. The van der Waals surface area contributed by atoms with Crippen molar-refractivity contribution in [1.82, 2.24) is 0 Å². The Morgan fingerprint density at radius 1 is 0.396 bits per heavy atom. The summed E-state index contributed by atoms with van der Waals surface area (Å²) in [6.45, 7) is 0. The molecule has 1 aliphatic rings. The Bertz CT molecular complexity index is 2370. The van der Waals surface area contributed by atoms with Crippen molar-refractivity contribution in [2.45, 2.75) is 6.23 Å². The van der Waals surface area contributed by atoms with Gasteiger partial charge in [0.2, 0.25) is 0 Å². The van der Waals surface area contributed by atoms with Gasteiger partial charge in [-0.25, -0.2) is 0 Å². The molecule has 48 heavy (non-hydrogen) atoms. The zero-order chi connectivity index (χ0) is 31.9. The first-order valence-corrected chi connectivity index (χ1v) is 16.4. The minimum Gasteiger partial charge on any atom is -0.464 e. The lowest BCUT2D eigenvalue weighted by atomic mass is 9.95. The SMILES string of the molecule is c1ccc(-c2ccc(N(c3ccccc3)c3ccc(-c4ccc5c6c(c7ccccc7c5c4)NC(c4ccccc4)O6)cc3)cc2)cc1. The molecule has 228 valence electrons. The summed E-state index contributed by atoms with van der Waals surface area (Å²) in [7, 11) is 0. The number of nitrogens with zero attached hydrogens (tertiary/aromatic N) is 1. The van der Waals surface area contributed by atoms with Gasteiger partial charge in [-0.1, -0.05) is 133 Å². The van der Waals surface area contributed by atoms with E-state index in [-0.39, 0.29) is 6.23 Å².